The Morgan fingerprint density at radius 1 is 1.39 bits per heavy atom. The SMILES string of the molecule is Cc1cccc(CNc2ncnc(Cl)c2C=O)c1. The fourth-order valence-electron chi connectivity index (χ4n) is 1.63. The summed E-state index contributed by atoms with van der Waals surface area (Å²) in [6.07, 6.45) is 1.98. The van der Waals surface area contributed by atoms with E-state index in [4.69, 9.17) is 11.6 Å². The lowest BCUT2D eigenvalue weighted by Crippen LogP contribution is -2.05. The molecule has 1 aromatic heterocycles. The highest BCUT2D eigenvalue weighted by Gasteiger charge is 2.08. The van der Waals surface area contributed by atoms with Crippen LogP contribution in [0.1, 0.15) is 21.5 Å². The number of aldehydes is 1. The van der Waals surface area contributed by atoms with Crippen molar-refractivity contribution in [2.45, 2.75) is 13.5 Å². The summed E-state index contributed by atoms with van der Waals surface area (Å²) in [4.78, 5) is 18.7. The summed E-state index contributed by atoms with van der Waals surface area (Å²) in [5, 5.41) is 3.24. The zero-order chi connectivity index (χ0) is 13.0. The molecule has 0 aliphatic heterocycles. The van der Waals surface area contributed by atoms with Gasteiger partial charge in [-0.3, -0.25) is 4.79 Å². The van der Waals surface area contributed by atoms with Gasteiger partial charge in [0, 0.05) is 6.54 Å². The Kier molecular flexibility index (Phi) is 3.89. The van der Waals surface area contributed by atoms with Gasteiger partial charge in [0.15, 0.2) is 6.29 Å². The first-order valence-electron chi connectivity index (χ1n) is 5.46. The number of aromatic nitrogens is 2. The number of carbonyl (C=O) groups excluding carboxylic acids is 1. The van der Waals surface area contributed by atoms with Crippen molar-refractivity contribution in [1.29, 1.82) is 0 Å². The minimum Gasteiger partial charge on any atom is -0.365 e. The summed E-state index contributed by atoms with van der Waals surface area (Å²) in [6.45, 7) is 2.61. The van der Waals surface area contributed by atoms with E-state index in [1.54, 1.807) is 0 Å². The second kappa shape index (κ2) is 5.60. The number of carbonyl (C=O) groups is 1. The highest BCUT2D eigenvalue weighted by Crippen LogP contribution is 2.18. The second-order valence-corrected chi connectivity index (χ2v) is 4.25. The van der Waals surface area contributed by atoms with Crippen LogP contribution in [0.4, 0.5) is 5.82 Å². The number of benzene rings is 1. The van der Waals surface area contributed by atoms with E-state index in [1.165, 1.54) is 11.9 Å². The largest absolute Gasteiger partial charge is 0.365 e. The Labute approximate surface area is 110 Å². The molecule has 1 heterocycles. The van der Waals surface area contributed by atoms with Crippen molar-refractivity contribution >= 4 is 23.7 Å². The van der Waals surface area contributed by atoms with Crippen LogP contribution >= 0.6 is 11.6 Å². The first-order valence-corrected chi connectivity index (χ1v) is 5.83. The zero-order valence-electron chi connectivity index (χ0n) is 9.85. The van der Waals surface area contributed by atoms with Crippen molar-refractivity contribution in [1.82, 2.24) is 9.97 Å². The van der Waals surface area contributed by atoms with Crippen LogP contribution in [-0.4, -0.2) is 16.3 Å². The van der Waals surface area contributed by atoms with Gasteiger partial charge in [0.1, 0.15) is 17.3 Å². The Morgan fingerprint density at radius 3 is 2.94 bits per heavy atom. The zero-order valence-corrected chi connectivity index (χ0v) is 10.6. The molecule has 0 saturated heterocycles. The number of aryl methyl sites for hydroxylation is 1. The van der Waals surface area contributed by atoms with Crippen molar-refractivity contribution in [3.05, 3.63) is 52.4 Å². The molecule has 0 amide bonds. The molecule has 2 aromatic rings. The van der Waals surface area contributed by atoms with Crippen LogP contribution < -0.4 is 5.32 Å². The third-order valence-corrected chi connectivity index (χ3v) is 2.80. The number of nitrogens with one attached hydrogen (secondary N) is 1. The summed E-state index contributed by atoms with van der Waals surface area (Å²) in [7, 11) is 0. The monoisotopic (exact) mass is 261 g/mol. The second-order valence-electron chi connectivity index (χ2n) is 3.89. The highest BCUT2D eigenvalue weighted by molar-refractivity contribution is 6.32. The third-order valence-electron chi connectivity index (χ3n) is 2.50. The van der Waals surface area contributed by atoms with Crippen molar-refractivity contribution in [2.75, 3.05) is 5.32 Å². The molecular weight excluding hydrogens is 250 g/mol. The number of anilines is 1. The van der Waals surface area contributed by atoms with Gasteiger partial charge in [0.2, 0.25) is 0 Å². The molecule has 0 radical (unpaired) electrons. The quantitative estimate of drug-likeness (QED) is 0.679. The molecule has 0 fully saturated rings. The van der Waals surface area contributed by atoms with E-state index in [2.05, 4.69) is 21.4 Å². The fourth-order valence-corrected chi connectivity index (χ4v) is 1.80. The average Bonchev–Trinajstić information content (AvgIpc) is 2.36. The van der Waals surface area contributed by atoms with E-state index < -0.39 is 0 Å². The van der Waals surface area contributed by atoms with Gasteiger partial charge in [-0.2, -0.15) is 0 Å². The van der Waals surface area contributed by atoms with Gasteiger partial charge in [-0.05, 0) is 12.5 Å². The maximum Gasteiger partial charge on any atom is 0.156 e. The lowest BCUT2D eigenvalue weighted by atomic mass is 10.1. The number of nitrogens with zero attached hydrogens (tertiary/aromatic N) is 2. The van der Waals surface area contributed by atoms with Crippen molar-refractivity contribution < 1.29 is 4.79 Å². The van der Waals surface area contributed by atoms with Crippen LogP contribution in [0.15, 0.2) is 30.6 Å². The summed E-state index contributed by atoms with van der Waals surface area (Å²) >= 11 is 5.81. The third kappa shape index (κ3) is 2.84. The van der Waals surface area contributed by atoms with Gasteiger partial charge in [-0.15, -0.1) is 0 Å². The molecule has 0 aliphatic rings. The molecule has 92 valence electrons. The number of rotatable bonds is 4. The first kappa shape index (κ1) is 12.5. The van der Waals surface area contributed by atoms with Gasteiger partial charge in [0.05, 0.1) is 5.56 Å². The van der Waals surface area contributed by atoms with E-state index in [-0.39, 0.29) is 10.7 Å². The predicted octanol–water partition coefficient (Wildman–Crippen LogP) is 2.86. The van der Waals surface area contributed by atoms with Gasteiger partial charge < -0.3 is 5.32 Å². The van der Waals surface area contributed by atoms with Crippen LogP contribution in [0.3, 0.4) is 0 Å². The predicted molar refractivity (Wildman–Crippen MR) is 70.9 cm³/mol. The molecule has 18 heavy (non-hydrogen) atoms. The van der Waals surface area contributed by atoms with Crippen LogP contribution in [-0.2, 0) is 6.54 Å². The Bertz CT molecular complexity index is 572. The summed E-state index contributed by atoms with van der Waals surface area (Å²) in [6, 6.07) is 8.08. The summed E-state index contributed by atoms with van der Waals surface area (Å²) in [5.41, 5.74) is 2.58. The van der Waals surface area contributed by atoms with Gasteiger partial charge in [-0.1, -0.05) is 41.4 Å². The average molecular weight is 262 g/mol. The number of hydrogen-bond donors (Lipinski definition) is 1. The molecule has 1 aromatic carbocycles. The van der Waals surface area contributed by atoms with Crippen molar-refractivity contribution in [3.8, 4) is 0 Å². The summed E-state index contributed by atoms with van der Waals surface area (Å²) in [5.74, 6) is 0.450. The molecule has 4 nitrogen and oxygen atoms in total. The van der Waals surface area contributed by atoms with Crippen LogP contribution in [0.2, 0.25) is 5.15 Å². The smallest absolute Gasteiger partial charge is 0.156 e. The normalized spacial score (nSPS) is 10.1. The standard InChI is InChI=1S/C13H12ClN3O/c1-9-3-2-4-10(5-9)6-15-13-11(7-18)12(14)16-8-17-13/h2-5,7-8H,6H2,1H3,(H,15,16,17). The van der Waals surface area contributed by atoms with E-state index in [1.807, 2.05) is 25.1 Å². The lowest BCUT2D eigenvalue weighted by molar-refractivity contribution is 0.112. The Balaban J connectivity index is 2.15. The summed E-state index contributed by atoms with van der Waals surface area (Å²) < 4.78 is 0. The Morgan fingerprint density at radius 2 is 2.22 bits per heavy atom. The Hall–Kier alpha value is -1.94. The van der Waals surface area contributed by atoms with Gasteiger partial charge in [0.25, 0.3) is 0 Å². The van der Waals surface area contributed by atoms with Crippen molar-refractivity contribution in [3.63, 3.8) is 0 Å². The lowest BCUT2D eigenvalue weighted by Gasteiger charge is -2.08. The van der Waals surface area contributed by atoms with E-state index in [9.17, 15) is 4.79 Å². The van der Waals surface area contributed by atoms with Crippen LogP contribution in [0, 0.1) is 6.92 Å². The van der Waals surface area contributed by atoms with Gasteiger partial charge in [-0.25, -0.2) is 9.97 Å². The maximum atomic E-state index is 10.9. The fraction of sp³-hybridized carbons (Fsp3) is 0.154. The molecular formula is C13H12ClN3O. The molecule has 2 rings (SSSR count). The van der Waals surface area contributed by atoms with E-state index in [0.717, 1.165) is 5.56 Å². The first-order chi connectivity index (χ1) is 8.70. The molecule has 0 saturated carbocycles. The molecule has 0 unspecified atom stereocenters. The highest BCUT2D eigenvalue weighted by atomic mass is 35.5. The molecule has 0 atom stereocenters. The molecule has 0 bridgehead atoms. The van der Waals surface area contributed by atoms with E-state index >= 15 is 0 Å². The minimum atomic E-state index is 0.159. The van der Waals surface area contributed by atoms with E-state index in [0.29, 0.717) is 18.6 Å². The van der Waals surface area contributed by atoms with Crippen LogP contribution in [0.5, 0.6) is 0 Å². The maximum absolute atomic E-state index is 10.9. The van der Waals surface area contributed by atoms with Gasteiger partial charge >= 0.3 is 0 Å². The molecule has 0 aliphatic carbocycles. The minimum absolute atomic E-state index is 0.159. The van der Waals surface area contributed by atoms with Crippen molar-refractivity contribution in [2.24, 2.45) is 0 Å². The number of halogens is 1. The molecule has 1 N–H and O–H groups in total. The molecule has 0 spiro atoms. The van der Waals surface area contributed by atoms with Crippen LogP contribution in [0.25, 0.3) is 0 Å². The molecule has 5 heteroatoms. The topological polar surface area (TPSA) is 54.9 Å². The number of hydrogen-bond acceptors (Lipinski definition) is 4.